The summed E-state index contributed by atoms with van der Waals surface area (Å²) in [5, 5.41) is 23.3. The molecule has 34 heteroatoms. The molecule has 4 N–H and O–H groups in total. The molecule has 9 aliphatic rings. The van der Waals surface area contributed by atoms with E-state index < -0.39 is 124 Å². The molecule has 3 unspecified atom stereocenters. The second kappa shape index (κ2) is 48.4. The molecule has 6 aliphatic heterocycles. The van der Waals surface area contributed by atoms with Gasteiger partial charge in [-0.15, -0.1) is 35.3 Å². The number of amides is 2. The van der Waals surface area contributed by atoms with E-state index in [0.717, 1.165) is 37.4 Å². The number of rotatable bonds is 21. The quantitative estimate of drug-likeness (QED) is 0.0225. The van der Waals surface area contributed by atoms with Gasteiger partial charge >= 0.3 is 42.0 Å². The first-order chi connectivity index (χ1) is 64.8. The van der Waals surface area contributed by atoms with Crippen molar-refractivity contribution in [1.29, 1.82) is 0 Å². The molecule has 0 radical (unpaired) electrons. The van der Waals surface area contributed by atoms with Crippen LogP contribution in [0, 0.1) is 0 Å². The third-order valence-corrected chi connectivity index (χ3v) is 27.0. The zero-order valence-corrected chi connectivity index (χ0v) is 83.9. The van der Waals surface area contributed by atoms with Crippen LogP contribution in [0.2, 0.25) is 0 Å². The molecule has 15 rings (SSSR count). The summed E-state index contributed by atoms with van der Waals surface area (Å²) in [4.78, 5) is 161. The van der Waals surface area contributed by atoms with Crippen LogP contribution in [-0.2, 0) is 92.5 Å². The monoisotopic (exact) mass is 2000 g/mol. The summed E-state index contributed by atoms with van der Waals surface area (Å²) in [6.45, 7) is 38.7. The Morgan fingerprint density at radius 2 is 0.681 bits per heavy atom. The molecule has 141 heavy (non-hydrogen) atoms. The number of carboxylic acids is 1. The van der Waals surface area contributed by atoms with Crippen molar-refractivity contribution in [1.82, 2.24) is 25.3 Å². The molecule has 31 nitrogen and oxygen atoms in total. The van der Waals surface area contributed by atoms with E-state index in [1.807, 2.05) is 84.9 Å². The number of benzene rings is 6. The molecule has 6 aromatic rings. The number of carboxylic acid groups (broad SMARTS) is 1. The smallest absolute Gasteiger partial charge is 0.408 e. The van der Waals surface area contributed by atoms with Gasteiger partial charge in [0.05, 0.1) is 0 Å². The molecular weight excluding hydrogens is 1870 g/mol. The average Bonchev–Trinajstić information content (AvgIpc) is 1.74. The summed E-state index contributed by atoms with van der Waals surface area (Å²) >= 11 is 4.20. The average molecular weight is 2010 g/mol. The Bertz CT molecular complexity index is 5650. The minimum atomic E-state index is -1.10. The number of hydrogen-bond donors (Lipinski definition) is 4. The summed E-state index contributed by atoms with van der Waals surface area (Å²) in [5.74, 6) is -0.762. The maximum atomic E-state index is 12.8. The molecule has 3 fully saturated rings. The number of carbonyl (C=O) groups excluding carboxylic acids is 12. The number of aliphatic carboxylic acids is 1. The van der Waals surface area contributed by atoms with Crippen molar-refractivity contribution in [3.05, 3.63) is 210 Å². The van der Waals surface area contributed by atoms with Crippen LogP contribution in [-0.4, -0.2) is 257 Å². The summed E-state index contributed by atoms with van der Waals surface area (Å²) in [6, 6.07) is 45.2. The fourth-order valence-corrected chi connectivity index (χ4v) is 20.0. The SMILES string of the molecule is C.C.C.CC(=O)OC(C)=O.CC(=O)O[C@H](COc1ccc(C(C)(C)C)cc1)CN1CCC2(CSC3=C(O2)c2ccccc2C(=O)C3=O)C1.CC(C)(C)OC(=O)NCC(=O)O.CC(C)(C)OC(=O)NCC(=O)O[C@H](COc1ccc(C(C)(C)C)cc1)CN1CCC2(CSC3=C(O2)c2ccccc2C(=O)C3=O)C1.CC(C)(C)c1ccc(OC[C@@H](O)CN2CCC3(CSC4=C(O3)c3ccccc3C(=O)C4=O)C2)cc1. The fourth-order valence-electron chi connectivity index (χ4n) is 16.4. The molecule has 764 valence electrons. The van der Waals surface area contributed by atoms with Gasteiger partial charge in [-0.2, -0.15) is 0 Å². The van der Waals surface area contributed by atoms with Gasteiger partial charge in [0.2, 0.25) is 34.7 Å². The van der Waals surface area contributed by atoms with Gasteiger partial charge in [0.25, 0.3) is 0 Å². The standard InChI is InChI=1S/C35H42N2O8S.C30H33NO6S.C28H31NO5S.C7H13NO4.C4H6O3.3CH4/c1-33(2,3)22-11-13-23(14-12-22)42-19-24(43-27(38)17-36-32(41)45-34(4,5)6)18-37-16-15-35(20-37)21-46-31-29(40)28(39)25-9-7-8-10-26(25)30(31)44-35;1-19(32)36-22(16-35-21-11-9-20(10-12-21)29(2,3)4)15-31-14-13-30(17-31)18-38-28-26(34)25(33)23-7-5-6-8-24(23)27(28)37-30;1-27(2,3)18-8-10-20(11-9-18)33-15-19(30)14-29-13-12-28(16-29)17-35-26-24(32)23(31)21-6-4-5-7-22(21)25(26)34-28;1-7(2,3)12-6(11)8-4-5(9)10;1-3(5)7-4(2)6;;;/h7-14,24H,15-21H2,1-6H3,(H,36,41);5-12,22H,13-18H2,1-4H3;4-11,19,30H,12-17H2,1-3H3;4H2,1-3H3,(H,8,11)(H,9,10);1-2H3;3*1H4/t24-,35?;22-,30?;19-,28?;;;;;/m000...../s1. The Hall–Kier alpha value is -11.7. The van der Waals surface area contributed by atoms with Gasteiger partial charge in [-0.05, 0) is 111 Å². The number of likely N-dealkylation sites (tertiary alicyclic amines) is 3. The van der Waals surface area contributed by atoms with Crippen LogP contribution in [0.5, 0.6) is 17.2 Å². The first kappa shape index (κ1) is 115. The van der Waals surface area contributed by atoms with Crippen LogP contribution in [0.25, 0.3) is 17.3 Å². The summed E-state index contributed by atoms with van der Waals surface area (Å²) in [6.07, 6.45) is -0.888. The number of aliphatic hydroxyl groups excluding tert-OH is 1. The number of β-amino-alcohol motifs (C(OH)–C–C–N with tert-alkyl or cyclic N) is 1. The van der Waals surface area contributed by atoms with Crippen molar-refractivity contribution in [3.63, 3.8) is 0 Å². The highest BCUT2D eigenvalue weighted by molar-refractivity contribution is 8.05. The molecule has 3 spiro atoms. The summed E-state index contributed by atoms with van der Waals surface area (Å²) in [7, 11) is 0. The number of hydrogen-bond acceptors (Lipinski definition) is 31. The van der Waals surface area contributed by atoms with E-state index in [4.69, 9.17) is 52.5 Å². The lowest BCUT2D eigenvalue weighted by atomic mass is 9.87. The molecule has 3 saturated heterocycles. The number of ketones is 6. The van der Waals surface area contributed by atoms with Crippen molar-refractivity contribution in [2.45, 2.75) is 229 Å². The largest absolute Gasteiger partial charge is 0.491 e. The second-order valence-corrected chi connectivity index (χ2v) is 43.2. The number of Topliss-reactive ketones (excluding diaryl/α,β-unsaturated/α-hetero) is 6. The highest BCUT2D eigenvalue weighted by atomic mass is 32.2. The van der Waals surface area contributed by atoms with E-state index in [2.05, 4.69) is 117 Å². The van der Waals surface area contributed by atoms with Gasteiger partial charge in [-0.25, -0.2) is 9.59 Å². The van der Waals surface area contributed by atoms with E-state index in [9.17, 15) is 67.4 Å². The van der Waals surface area contributed by atoms with Gasteiger partial charge in [0, 0.05) is 150 Å². The number of carbonyl (C=O) groups is 13. The number of fused-ring (bicyclic) bond motifs is 6. The zero-order valence-electron chi connectivity index (χ0n) is 81.5. The summed E-state index contributed by atoms with van der Waals surface area (Å²) < 4.78 is 62.9. The zero-order chi connectivity index (χ0) is 101. The van der Waals surface area contributed by atoms with E-state index in [1.54, 1.807) is 77.9 Å². The van der Waals surface area contributed by atoms with Crippen LogP contribution in [0.15, 0.2) is 160 Å². The van der Waals surface area contributed by atoms with Crippen molar-refractivity contribution in [2.75, 3.05) is 109 Å². The first-order valence-corrected chi connectivity index (χ1v) is 48.7. The number of nitrogens with one attached hydrogen (secondary N) is 2. The molecular formula is C107H137N5O26S3. The van der Waals surface area contributed by atoms with Gasteiger partial charge in [0.15, 0.2) is 0 Å². The highest BCUT2D eigenvalue weighted by Crippen LogP contribution is 2.51. The third-order valence-electron chi connectivity index (χ3n) is 23.0. The Morgan fingerprint density at radius 1 is 0.390 bits per heavy atom. The lowest BCUT2D eigenvalue weighted by Gasteiger charge is -2.38. The highest BCUT2D eigenvalue weighted by Gasteiger charge is 2.52. The second-order valence-electron chi connectivity index (χ2n) is 40.2. The van der Waals surface area contributed by atoms with E-state index >= 15 is 0 Å². The van der Waals surface area contributed by atoms with E-state index in [0.29, 0.717) is 141 Å². The van der Waals surface area contributed by atoms with Crippen LogP contribution in [0.4, 0.5) is 9.59 Å². The van der Waals surface area contributed by atoms with Crippen molar-refractivity contribution >= 4 is 129 Å². The number of alkyl carbamates (subject to hydrolysis) is 2. The van der Waals surface area contributed by atoms with Crippen molar-refractivity contribution in [2.24, 2.45) is 0 Å². The number of allylic oxidation sites excluding steroid dienone is 3. The topological polar surface area (TPSA) is 398 Å². The Kier molecular flexibility index (Phi) is 39.3. The van der Waals surface area contributed by atoms with Gasteiger partial charge in [0.1, 0.15) is 128 Å². The van der Waals surface area contributed by atoms with Crippen LogP contribution >= 0.6 is 35.3 Å². The maximum Gasteiger partial charge on any atom is 0.408 e. The normalized spacial score (nSPS) is 19.7. The third kappa shape index (κ3) is 31.7. The lowest BCUT2D eigenvalue weighted by Crippen LogP contribution is -2.45. The Labute approximate surface area is 839 Å². The lowest BCUT2D eigenvalue weighted by molar-refractivity contribution is -0.156. The maximum absolute atomic E-state index is 12.8. The molecule has 0 bridgehead atoms. The molecule has 6 aromatic carbocycles. The molecule has 0 aromatic heterocycles. The van der Waals surface area contributed by atoms with Gasteiger partial charge in [-0.1, -0.05) is 194 Å². The van der Waals surface area contributed by atoms with E-state index in [1.165, 1.54) is 72.7 Å². The van der Waals surface area contributed by atoms with Crippen LogP contribution < -0.4 is 24.8 Å². The van der Waals surface area contributed by atoms with Gasteiger partial charge in [-0.3, -0.25) is 67.4 Å². The summed E-state index contributed by atoms with van der Waals surface area (Å²) in [5.41, 5.74) is 4.17. The Morgan fingerprint density at radius 3 is 0.965 bits per heavy atom. The molecule has 6 atom stereocenters. The Balaban J connectivity index is 0.000000235. The fraction of sp³-hybridized carbons (Fsp3) is 0.486. The van der Waals surface area contributed by atoms with E-state index in [-0.39, 0.29) is 70.9 Å². The molecule has 6 heterocycles. The number of nitrogens with zero attached hydrogens (tertiary/aromatic N) is 3. The minimum absolute atomic E-state index is 0. The predicted molar refractivity (Wildman–Crippen MR) is 542 cm³/mol. The molecule has 2 amide bonds. The number of aliphatic hydroxyl groups is 1. The minimum Gasteiger partial charge on any atom is -0.491 e. The number of ether oxygens (including phenoxy) is 11. The van der Waals surface area contributed by atoms with Crippen LogP contribution in [0.1, 0.15) is 231 Å². The molecule has 0 saturated carbocycles. The van der Waals surface area contributed by atoms with Crippen LogP contribution in [0.3, 0.4) is 0 Å². The van der Waals surface area contributed by atoms with Crippen molar-refractivity contribution < 1.29 is 125 Å². The first-order valence-electron chi connectivity index (χ1n) is 45.8. The van der Waals surface area contributed by atoms with Crippen molar-refractivity contribution in [3.8, 4) is 17.2 Å². The van der Waals surface area contributed by atoms with Gasteiger partial charge < -0.3 is 73.0 Å². The number of esters is 4. The predicted octanol–water partition coefficient (Wildman–Crippen LogP) is 16.4. The molecule has 3 aliphatic carbocycles. The number of thioether (sulfide) groups is 3.